The van der Waals surface area contributed by atoms with E-state index in [9.17, 15) is 14.4 Å². The number of ether oxygens (including phenoxy) is 1. The third kappa shape index (κ3) is 3.80. The number of morpholine rings is 1. The summed E-state index contributed by atoms with van der Waals surface area (Å²) in [6.45, 7) is 6.19. The molecule has 4 rings (SSSR count). The molecule has 0 aromatic heterocycles. The Kier molecular flexibility index (Phi) is 5.78. The number of nitrogens with zero attached hydrogens (tertiary/aromatic N) is 3. The van der Waals surface area contributed by atoms with Crippen LogP contribution in [0.1, 0.15) is 11.6 Å². The SMILES string of the molecule is C=CCN1C(=O)NC(c2ccc(Cl)cc2)C2=C1CN(CC(=O)N1CCOCC1)C2=O. The summed E-state index contributed by atoms with van der Waals surface area (Å²) in [7, 11) is 0. The largest absolute Gasteiger partial charge is 0.378 e. The molecule has 1 unspecified atom stereocenters. The van der Waals surface area contributed by atoms with Crippen molar-refractivity contribution >= 4 is 29.4 Å². The lowest BCUT2D eigenvalue weighted by Gasteiger charge is -2.33. The molecule has 30 heavy (non-hydrogen) atoms. The molecular formula is C21H23ClN4O4. The summed E-state index contributed by atoms with van der Waals surface area (Å²) in [5, 5.41) is 3.47. The highest BCUT2D eigenvalue weighted by Gasteiger charge is 2.44. The fourth-order valence-corrected chi connectivity index (χ4v) is 4.11. The molecule has 8 nitrogen and oxygen atoms in total. The van der Waals surface area contributed by atoms with Gasteiger partial charge in [-0.1, -0.05) is 29.8 Å². The van der Waals surface area contributed by atoms with Crippen LogP contribution in [-0.2, 0) is 14.3 Å². The van der Waals surface area contributed by atoms with Crippen LogP contribution in [0.5, 0.6) is 0 Å². The molecular weight excluding hydrogens is 408 g/mol. The van der Waals surface area contributed by atoms with E-state index in [4.69, 9.17) is 16.3 Å². The number of rotatable bonds is 5. The predicted octanol–water partition coefficient (Wildman–Crippen LogP) is 1.55. The average molecular weight is 431 g/mol. The number of halogens is 1. The molecule has 1 saturated heterocycles. The number of amides is 4. The Morgan fingerprint density at radius 1 is 1.23 bits per heavy atom. The van der Waals surface area contributed by atoms with Gasteiger partial charge >= 0.3 is 6.03 Å². The van der Waals surface area contributed by atoms with Gasteiger partial charge in [0.15, 0.2) is 0 Å². The van der Waals surface area contributed by atoms with Crippen LogP contribution in [0.25, 0.3) is 0 Å². The van der Waals surface area contributed by atoms with Crippen molar-refractivity contribution in [2.75, 3.05) is 45.9 Å². The smallest absolute Gasteiger partial charge is 0.322 e. The van der Waals surface area contributed by atoms with E-state index in [1.165, 1.54) is 9.80 Å². The first-order valence-electron chi connectivity index (χ1n) is 9.82. The topological polar surface area (TPSA) is 82.2 Å². The lowest BCUT2D eigenvalue weighted by molar-refractivity contribution is -0.140. The first kappa shape index (κ1) is 20.4. The van der Waals surface area contributed by atoms with Crippen molar-refractivity contribution in [2.24, 2.45) is 0 Å². The highest BCUT2D eigenvalue weighted by atomic mass is 35.5. The van der Waals surface area contributed by atoms with E-state index in [1.807, 2.05) is 0 Å². The minimum absolute atomic E-state index is 0.0324. The maximum atomic E-state index is 13.3. The summed E-state index contributed by atoms with van der Waals surface area (Å²) in [6.07, 6.45) is 1.61. The van der Waals surface area contributed by atoms with Crippen LogP contribution in [0.2, 0.25) is 5.02 Å². The summed E-state index contributed by atoms with van der Waals surface area (Å²) in [5.41, 5.74) is 1.85. The van der Waals surface area contributed by atoms with Crippen LogP contribution < -0.4 is 5.32 Å². The minimum Gasteiger partial charge on any atom is -0.378 e. The highest BCUT2D eigenvalue weighted by Crippen LogP contribution is 2.36. The summed E-state index contributed by atoms with van der Waals surface area (Å²) in [6, 6.07) is 6.12. The van der Waals surface area contributed by atoms with Crippen LogP contribution in [0.15, 0.2) is 48.2 Å². The summed E-state index contributed by atoms with van der Waals surface area (Å²) < 4.78 is 5.29. The molecule has 1 aromatic rings. The van der Waals surface area contributed by atoms with E-state index in [0.717, 1.165) is 5.56 Å². The zero-order valence-corrected chi connectivity index (χ0v) is 17.2. The molecule has 1 fully saturated rings. The van der Waals surface area contributed by atoms with Crippen LogP contribution in [0, 0.1) is 0 Å². The Balaban J connectivity index is 1.61. The quantitative estimate of drug-likeness (QED) is 0.718. The Bertz CT molecular complexity index is 908. The number of carbonyl (C=O) groups is 3. The van der Waals surface area contributed by atoms with Gasteiger partial charge < -0.3 is 19.9 Å². The third-order valence-corrected chi connectivity index (χ3v) is 5.75. The number of benzene rings is 1. The van der Waals surface area contributed by atoms with Crippen molar-refractivity contribution in [2.45, 2.75) is 6.04 Å². The van der Waals surface area contributed by atoms with Gasteiger partial charge in [0.2, 0.25) is 5.91 Å². The molecule has 9 heteroatoms. The van der Waals surface area contributed by atoms with E-state index < -0.39 is 6.04 Å². The molecule has 1 N–H and O–H groups in total. The number of urea groups is 1. The van der Waals surface area contributed by atoms with Crippen molar-refractivity contribution in [3.05, 3.63) is 58.8 Å². The summed E-state index contributed by atoms with van der Waals surface area (Å²) in [5.74, 6) is -0.371. The van der Waals surface area contributed by atoms with Gasteiger partial charge in [-0.15, -0.1) is 6.58 Å². The molecule has 0 aliphatic carbocycles. The molecule has 0 spiro atoms. The lowest BCUT2D eigenvalue weighted by Crippen LogP contribution is -2.47. The number of hydrogen-bond donors (Lipinski definition) is 1. The number of nitrogens with one attached hydrogen (secondary N) is 1. The lowest BCUT2D eigenvalue weighted by atomic mass is 9.95. The highest BCUT2D eigenvalue weighted by molar-refractivity contribution is 6.30. The number of carbonyl (C=O) groups excluding carboxylic acids is 3. The second-order valence-electron chi connectivity index (χ2n) is 7.35. The second kappa shape index (κ2) is 8.49. The third-order valence-electron chi connectivity index (χ3n) is 5.50. The van der Waals surface area contributed by atoms with Gasteiger partial charge in [-0.3, -0.25) is 14.5 Å². The van der Waals surface area contributed by atoms with Crippen molar-refractivity contribution in [1.29, 1.82) is 0 Å². The predicted molar refractivity (Wildman–Crippen MR) is 111 cm³/mol. The molecule has 1 aromatic carbocycles. The summed E-state index contributed by atoms with van der Waals surface area (Å²) >= 11 is 5.99. The Hall–Kier alpha value is -2.84. The molecule has 0 saturated carbocycles. The van der Waals surface area contributed by atoms with Crippen molar-refractivity contribution in [1.82, 2.24) is 20.0 Å². The van der Waals surface area contributed by atoms with Crippen molar-refractivity contribution < 1.29 is 19.1 Å². The van der Waals surface area contributed by atoms with Crippen molar-refractivity contribution in [3.8, 4) is 0 Å². The Morgan fingerprint density at radius 2 is 1.93 bits per heavy atom. The maximum absolute atomic E-state index is 13.3. The molecule has 3 aliphatic heterocycles. The van der Waals surface area contributed by atoms with E-state index in [0.29, 0.717) is 42.6 Å². The van der Waals surface area contributed by atoms with Gasteiger partial charge in [-0.05, 0) is 17.7 Å². The molecule has 4 amide bonds. The molecule has 1 atom stereocenters. The van der Waals surface area contributed by atoms with Gasteiger partial charge in [0.25, 0.3) is 5.91 Å². The van der Waals surface area contributed by atoms with Gasteiger partial charge in [0.05, 0.1) is 37.1 Å². The fourth-order valence-electron chi connectivity index (χ4n) is 3.98. The van der Waals surface area contributed by atoms with E-state index in [-0.39, 0.29) is 37.5 Å². The zero-order chi connectivity index (χ0) is 21.3. The van der Waals surface area contributed by atoms with Gasteiger partial charge in [-0.2, -0.15) is 0 Å². The van der Waals surface area contributed by atoms with Crippen LogP contribution in [0.4, 0.5) is 4.79 Å². The normalized spacial score (nSPS) is 21.6. The van der Waals surface area contributed by atoms with Gasteiger partial charge in [-0.25, -0.2) is 4.79 Å². The summed E-state index contributed by atoms with van der Waals surface area (Å²) in [4.78, 5) is 43.5. The second-order valence-corrected chi connectivity index (χ2v) is 7.78. The average Bonchev–Trinajstić information content (AvgIpc) is 3.07. The first-order valence-corrected chi connectivity index (χ1v) is 10.2. The van der Waals surface area contributed by atoms with E-state index in [1.54, 1.807) is 35.2 Å². The maximum Gasteiger partial charge on any atom is 0.322 e. The molecule has 0 radical (unpaired) electrons. The molecule has 0 bridgehead atoms. The first-order chi connectivity index (χ1) is 14.5. The monoisotopic (exact) mass is 430 g/mol. The number of hydrogen-bond acceptors (Lipinski definition) is 4. The van der Waals surface area contributed by atoms with Crippen LogP contribution in [0.3, 0.4) is 0 Å². The molecule has 3 heterocycles. The van der Waals surface area contributed by atoms with Gasteiger partial charge in [0, 0.05) is 24.7 Å². The van der Waals surface area contributed by atoms with Crippen LogP contribution >= 0.6 is 11.6 Å². The van der Waals surface area contributed by atoms with Gasteiger partial charge in [0.1, 0.15) is 6.54 Å². The molecule has 158 valence electrons. The fraction of sp³-hybridized carbons (Fsp3) is 0.381. The minimum atomic E-state index is -0.596. The van der Waals surface area contributed by atoms with E-state index in [2.05, 4.69) is 11.9 Å². The van der Waals surface area contributed by atoms with Crippen LogP contribution in [-0.4, -0.2) is 78.5 Å². The Morgan fingerprint density at radius 3 is 2.60 bits per heavy atom. The standard InChI is InChI=1S/C21H23ClN4O4/c1-2-7-26-16-12-25(13-17(27)24-8-10-30-11-9-24)20(28)18(16)19(23-21(26)29)14-3-5-15(22)6-4-14/h2-6,19H,1,7-13H2,(H,23,29). The Labute approximate surface area is 179 Å². The molecule has 3 aliphatic rings. The van der Waals surface area contributed by atoms with E-state index >= 15 is 0 Å². The zero-order valence-electron chi connectivity index (χ0n) is 16.5. The van der Waals surface area contributed by atoms with Crippen molar-refractivity contribution in [3.63, 3.8) is 0 Å².